The number of aromatic carboxylic acids is 1. The molecule has 0 atom stereocenters. The van der Waals surface area contributed by atoms with Gasteiger partial charge in [-0.1, -0.05) is 41.9 Å². The van der Waals surface area contributed by atoms with E-state index in [1.54, 1.807) is 12.1 Å². The fraction of sp³-hybridized carbons (Fsp3) is 0.160. The molecule has 1 aliphatic rings. The van der Waals surface area contributed by atoms with Gasteiger partial charge < -0.3 is 24.3 Å². The molecule has 162 valence electrons. The summed E-state index contributed by atoms with van der Waals surface area (Å²) in [5, 5.41) is 11.0. The number of fused-ring (bicyclic) bond motifs is 2. The van der Waals surface area contributed by atoms with Crippen LogP contribution in [0.25, 0.3) is 10.9 Å². The van der Waals surface area contributed by atoms with Crippen LogP contribution in [-0.2, 0) is 12.8 Å². The number of carboxylic acids is 1. The third-order valence-corrected chi connectivity index (χ3v) is 5.85. The highest BCUT2D eigenvalue weighted by Crippen LogP contribution is 2.39. The van der Waals surface area contributed by atoms with Crippen LogP contribution in [0.15, 0.2) is 60.7 Å². The Bertz CT molecular complexity index is 1300. The van der Waals surface area contributed by atoms with E-state index < -0.39 is 5.97 Å². The maximum absolute atomic E-state index is 11.9. The molecule has 1 aromatic heterocycles. The Morgan fingerprint density at radius 1 is 1.06 bits per heavy atom. The molecule has 0 bridgehead atoms. The van der Waals surface area contributed by atoms with Crippen LogP contribution in [0.3, 0.4) is 0 Å². The molecule has 0 saturated heterocycles. The fourth-order valence-electron chi connectivity index (χ4n) is 3.90. The van der Waals surface area contributed by atoms with E-state index in [9.17, 15) is 9.90 Å². The lowest BCUT2D eigenvalue weighted by Crippen LogP contribution is -2.02. The number of aromatic amines is 1. The maximum atomic E-state index is 11.9. The summed E-state index contributed by atoms with van der Waals surface area (Å²) in [5.74, 6) is 0.846. The fourth-order valence-corrected chi connectivity index (χ4v) is 4.12. The van der Waals surface area contributed by atoms with Gasteiger partial charge in [-0.15, -0.1) is 0 Å². The lowest BCUT2D eigenvalue weighted by atomic mass is 10.0. The number of rotatable bonds is 7. The summed E-state index contributed by atoms with van der Waals surface area (Å²) in [5.41, 5.74) is 3.46. The number of nitrogens with one attached hydrogen (secondary N) is 1. The van der Waals surface area contributed by atoms with Crippen LogP contribution in [0.2, 0.25) is 5.02 Å². The predicted molar refractivity (Wildman–Crippen MR) is 121 cm³/mol. The summed E-state index contributed by atoms with van der Waals surface area (Å²) in [6.45, 7) is 0.668. The van der Waals surface area contributed by atoms with E-state index in [0.29, 0.717) is 40.9 Å². The van der Waals surface area contributed by atoms with E-state index in [1.807, 2.05) is 36.4 Å². The molecule has 6 nitrogen and oxygen atoms in total. The molecule has 0 radical (unpaired) electrons. The summed E-state index contributed by atoms with van der Waals surface area (Å²) in [6.07, 6.45) is 1.11. The van der Waals surface area contributed by atoms with Gasteiger partial charge in [0.1, 0.15) is 11.4 Å². The zero-order valence-electron chi connectivity index (χ0n) is 17.1. The first-order valence-electron chi connectivity index (χ1n) is 10.2. The van der Waals surface area contributed by atoms with Gasteiger partial charge in [-0.25, -0.2) is 4.79 Å². The molecule has 2 N–H and O–H groups in total. The minimum atomic E-state index is -1.03. The number of halogens is 1. The number of hydrogen-bond donors (Lipinski definition) is 2. The largest absolute Gasteiger partial charge is 0.493 e. The Morgan fingerprint density at radius 2 is 1.84 bits per heavy atom. The molecule has 0 amide bonds. The minimum absolute atomic E-state index is 0.134. The third-order valence-electron chi connectivity index (χ3n) is 5.50. The van der Waals surface area contributed by atoms with Crippen molar-refractivity contribution in [2.24, 2.45) is 0 Å². The zero-order valence-corrected chi connectivity index (χ0v) is 17.8. The van der Waals surface area contributed by atoms with Gasteiger partial charge in [-0.2, -0.15) is 0 Å². The van der Waals surface area contributed by atoms with Crippen LogP contribution in [0.4, 0.5) is 0 Å². The summed E-state index contributed by atoms with van der Waals surface area (Å²) >= 11 is 6.45. The molecule has 3 aromatic carbocycles. The third kappa shape index (κ3) is 3.97. The second-order valence-corrected chi connectivity index (χ2v) is 7.96. The van der Waals surface area contributed by atoms with E-state index >= 15 is 0 Å². The molecule has 1 aliphatic heterocycles. The average Bonchev–Trinajstić information content (AvgIpc) is 3.39. The van der Waals surface area contributed by atoms with Crippen molar-refractivity contribution in [2.75, 3.05) is 13.4 Å². The quantitative estimate of drug-likeness (QED) is 0.391. The first kappa shape index (κ1) is 20.3. The average molecular weight is 450 g/mol. The van der Waals surface area contributed by atoms with Crippen LogP contribution in [0.5, 0.6) is 17.2 Å². The van der Waals surface area contributed by atoms with Crippen molar-refractivity contribution in [3.05, 3.63) is 88.1 Å². The van der Waals surface area contributed by atoms with Gasteiger partial charge in [0.2, 0.25) is 6.79 Å². The number of aromatic nitrogens is 1. The Balaban J connectivity index is 1.45. The highest BCUT2D eigenvalue weighted by atomic mass is 35.5. The minimum Gasteiger partial charge on any atom is -0.493 e. The summed E-state index contributed by atoms with van der Waals surface area (Å²) in [7, 11) is 0. The number of carboxylic acid groups (broad SMARTS) is 1. The van der Waals surface area contributed by atoms with Crippen molar-refractivity contribution in [1.82, 2.24) is 4.98 Å². The van der Waals surface area contributed by atoms with Gasteiger partial charge in [0.25, 0.3) is 0 Å². The monoisotopic (exact) mass is 449 g/mol. The van der Waals surface area contributed by atoms with E-state index in [2.05, 4.69) is 17.1 Å². The van der Waals surface area contributed by atoms with Crippen LogP contribution < -0.4 is 14.2 Å². The van der Waals surface area contributed by atoms with Gasteiger partial charge in [0.15, 0.2) is 11.5 Å². The molecular formula is C25H20ClNO5. The zero-order chi connectivity index (χ0) is 22.1. The standard InChI is InChI=1S/C25H20ClNO5/c26-20-13-23-22(31-14-32-23)11-16(20)10-19-18-12-17(6-7-21(18)27-24(19)25(28)29)30-9-8-15-4-2-1-3-5-15/h1-7,11-13,27H,8-10,14H2,(H,28,29). The van der Waals surface area contributed by atoms with Gasteiger partial charge in [-0.05, 0) is 41.0 Å². The first-order valence-corrected chi connectivity index (χ1v) is 10.6. The van der Waals surface area contributed by atoms with Crippen LogP contribution in [0, 0.1) is 0 Å². The Labute approximate surface area is 189 Å². The molecule has 0 spiro atoms. The van der Waals surface area contributed by atoms with Crippen molar-refractivity contribution in [3.8, 4) is 17.2 Å². The van der Waals surface area contributed by atoms with E-state index in [4.69, 9.17) is 25.8 Å². The van der Waals surface area contributed by atoms with Gasteiger partial charge in [-0.3, -0.25) is 0 Å². The normalized spacial score (nSPS) is 12.3. The summed E-state index contributed by atoms with van der Waals surface area (Å²) in [4.78, 5) is 14.9. The molecule has 0 unspecified atom stereocenters. The summed E-state index contributed by atoms with van der Waals surface area (Å²) < 4.78 is 16.8. The van der Waals surface area contributed by atoms with Crippen molar-refractivity contribution in [2.45, 2.75) is 12.8 Å². The molecule has 0 saturated carbocycles. The molecule has 0 aliphatic carbocycles. The van der Waals surface area contributed by atoms with E-state index in [-0.39, 0.29) is 12.5 Å². The highest BCUT2D eigenvalue weighted by molar-refractivity contribution is 6.31. The lowest BCUT2D eigenvalue weighted by molar-refractivity contribution is 0.0690. The number of benzene rings is 3. The number of hydrogen-bond acceptors (Lipinski definition) is 4. The molecule has 4 aromatic rings. The van der Waals surface area contributed by atoms with Crippen molar-refractivity contribution < 1.29 is 24.1 Å². The molecule has 5 rings (SSSR count). The van der Waals surface area contributed by atoms with Crippen molar-refractivity contribution in [1.29, 1.82) is 0 Å². The van der Waals surface area contributed by atoms with Crippen LogP contribution in [-0.4, -0.2) is 29.5 Å². The number of carbonyl (C=O) groups is 1. The Hall–Kier alpha value is -3.64. The Morgan fingerprint density at radius 3 is 2.62 bits per heavy atom. The number of H-pyrrole nitrogens is 1. The van der Waals surface area contributed by atoms with Gasteiger partial charge in [0, 0.05) is 34.8 Å². The van der Waals surface area contributed by atoms with E-state index in [0.717, 1.165) is 22.9 Å². The molecular weight excluding hydrogens is 430 g/mol. The molecule has 32 heavy (non-hydrogen) atoms. The van der Waals surface area contributed by atoms with Gasteiger partial charge in [0.05, 0.1) is 6.61 Å². The van der Waals surface area contributed by atoms with Crippen LogP contribution in [0.1, 0.15) is 27.2 Å². The molecule has 7 heteroatoms. The maximum Gasteiger partial charge on any atom is 0.352 e. The molecule has 0 fully saturated rings. The van der Waals surface area contributed by atoms with Gasteiger partial charge >= 0.3 is 5.97 Å². The second kappa shape index (κ2) is 8.48. The van der Waals surface area contributed by atoms with E-state index in [1.165, 1.54) is 5.56 Å². The Kier molecular flexibility index (Phi) is 5.37. The first-order chi connectivity index (χ1) is 15.6. The van der Waals surface area contributed by atoms with Crippen molar-refractivity contribution >= 4 is 28.5 Å². The smallest absolute Gasteiger partial charge is 0.352 e. The van der Waals surface area contributed by atoms with Crippen LogP contribution >= 0.6 is 11.6 Å². The number of ether oxygens (including phenoxy) is 3. The summed E-state index contributed by atoms with van der Waals surface area (Å²) in [6, 6.07) is 19.2. The highest BCUT2D eigenvalue weighted by Gasteiger charge is 2.22. The predicted octanol–water partition coefficient (Wildman–Crippen LogP) is 5.46. The second-order valence-electron chi connectivity index (χ2n) is 7.55. The lowest BCUT2D eigenvalue weighted by Gasteiger charge is -2.09. The molecule has 2 heterocycles. The van der Waals surface area contributed by atoms with Crippen molar-refractivity contribution in [3.63, 3.8) is 0 Å². The topological polar surface area (TPSA) is 80.8 Å². The SMILES string of the molecule is O=C(O)c1[nH]c2ccc(OCCc3ccccc3)cc2c1Cc1cc2c(cc1Cl)OCO2.